The Hall–Kier alpha value is -2.03. The molecule has 0 radical (unpaired) electrons. The summed E-state index contributed by atoms with van der Waals surface area (Å²) in [7, 11) is 0. The van der Waals surface area contributed by atoms with Crippen LogP contribution in [0, 0.1) is 0 Å². The van der Waals surface area contributed by atoms with Crippen molar-refractivity contribution in [2.24, 2.45) is 0 Å². The zero-order valence-electron chi connectivity index (χ0n) is 11.1. The van der Waals surface area contributed by atoms with Crippen LogP contribution in [0.5, 0.6) is 0 Å². The molecule has 2 aromatic carbocycles. The summed E-state index contributed by atoms with van der Waals surface area (Å²) < 4.78 is 1.92. The van der Waals surface area contributed by atoms with Gasteiger partial charge in [0.15, 0.2) is 0 Å². The third-order valence-electron chi connectivity index (χ3n) is 3.13. The van der Waals surface area contributed by atoms with Gasteiger partial charge in [-0.2, -0.15) is 0 Å². The highest BCUT2D eigenvalue weighted by Crippen LogP contribution is 2.28. The molecule has 1 heterocycles. The molecule has 0 amide bonds. The molecule has 0 aliphatic heterocycles. The van der Waals surface area contributed by atoms with Crippen molar-refractivity contribution in [3.8, 4) is 0 Å². The van der Waals surface area contributed by atoms with Gasteiger partial charge in [0.25, 0.3) is 0 Å². The largest absolute Gasteiger partial charge is 0.306 e. The predicted molar refractivity (Wildman–Crippen MR) is 88.4 cm³/mol. The molecule has 1 aromatic heterocycles. The molecule has 21 heavy (non-hydrogen) atoms. The van der Waals surface area contributed by atoms with Crippen LogP contribution in [0.1, 0.15) is 11.1 Å². The fourth-order valence-corrected chi connectivity index (χ4v) is 2.52. The molecule has 3 rings (SSSR count). The summed E-state index contributed by atoms with van der Waals surface area (Å²) >= 11 is 12.6. The highest BCUT2D eigenvalue weighted by atomic mass is 35.5. The van der Waals surface area contributed by atoms with Gasteiger partial charge in [0.2, 0.25) is 0 Å². The minimum Gasteiger partial charge on any atom is -0.306 e. The van der Waals surface area contributed by atoms with Crippen molar-refractivity contribution in [1.82, 2.24) is 9.55 Å². The maximum absolute atomic E-state index is 6.33. The molecule has 0 bridgehead atoms. The van der Waals surface area contributed by atoms with Gasteiger partial charge in [0, 0.05) is 28.0 Å². The van der Waals surface area contributed by atoms with Crippen LogP contribution in [-0.2, 0) is 0 Å². The minimum absolute atomic E-state index is 0.685. The second-order valence-corrected chi connectivity index (χ2v) is 5.32. The second kappa shape index (κ2) is 6.17. The lowest BCUT2D eigenvalue weighted by molar-refractivity contribution is 1.09. The average molecular weight is 315 g/mol. The number of halogens is 2. The molecule has 3 aromatic rings. The molecule has 0 atom stereocenters. The van der Waals surface area contributed by atoms with E-state index in [4.69, 9.17) is 23.2 Å². The van der Waals surface area contributed by atoms with Crippen LogP contribution in [0.15, 0.2) is 67.3 Å². The third-order valence-corrected chi connectivity index (χ3v) is 3.80. The van der Waals surface area contributed by atoms with Crippen molar-refractivity contribution in [3.05, 3.63) is 88.4 Å². The summed E-state index contributed by atoms with van der Waals surface area (Å²) in [6.07, 6.45) is 7.36. The Labute approximate surface area is 133 Å². The maximum Gasteiger partial charge on any atom is 0.0991 e. The molecule has 0 aliphatic rings. The van der Waals surface area contributed by atoms with E-state index in [2.05, 4.69) is 4.98 Å². The zero-order valence-corrected chi connectivity index (χ0v) is 12.6. The highest BCUT2D eigenvalue weighted by molar-refractivity contribution is 6.33. The molecular formula is C17H12Cl2N2. The first-order chi connectivity index (χ1) is 10.3. The van der Waals surface area contributed by atoms with Crippen molar-refractivity contribution in [1.29, 1.82) is 0 Å². The lowest BCUT2D eigenvalue weighted by atomic mass is 10.1. The fourth-order valence-electron chi connectivity index (χ4n) is 2.10. The molecule has 0 N–H and O–H groups in total. The average Bonchev–Trinajstić information content (AvgIpc) is 3.01. The van der Waals surface area contributed by atoms with Crippen LogP contribution in [0.4, 0.5) is 0 Å². The number of nitrogens with zero attached hydrogens (tertiary/aromatic N) is 2. The van der Waals surface area contributed by atoms with Crippen LogP contribution >= 0.6 is 23.2 Å². The van der Waals surface area contributed by atoms with Crippen molar-refractivity contribution < 1.29 is 0 Å². The number of hydrogen-bond acceptors (Lipinski definition) is 1. The summed E-state index contributed by atoms with van der Waals surface area (Å²) in [6.45, 7) is 0. The standard InChI is InChI=1S/C17H12Cl2N2/c18-15-7-3-1-5-13(15)11-17(21-10-9-20-12-21)14-6-2-4-8-16(14)19/h1-12H/b17-11-. The van der Waals surface area contributed by atoms with Gasteiger partial charge in [-0.3, -0.25) is 0 Å². The first kappa shape index (κ1) is 13.9. The van der Waals surface area contributed by atoms with E-state index in [1.165, 1.54) is 0 Å². The van der Waals surface area contributed by atoms with Gasteiger partial charge in [-0.05, 0) is 23.8 Å². The van der Waals surface area contributed by atoms with Crippen molar-refractivity contribution in [2.45, 2.75) is 0 Å². The SMILES string of the molecule is Clc1ccccc1/C=C(/c1ccccc1Cl)n1ccnc1. The van der Waals surface area contributed by atoms with Gasteiger partial charge < -0.3 is 4.57 Å². The number of aromatic nitrogens is 2. The Kier molecular flexibility index (Phi) is 4.09. The predicted octanol–water partition coefficient (Wildman–Crippen LogP) is 5.24. The number of hydrogen-bond donors (Lipinski definition) is 0. The summed E-state index contributed by atoms with van der Waals surface area (Å²) in [5.74, 6) is 0. The molecule has 0 spiro atoms. The monoisotopic (exact) mass is 314 g/mol. The normalized spacial score (nSPS) is 11.6. The minimum atomic E-state index is 0.685. The number of benzene rings is 2. The Morgan fingerprint density at radius 2 is 1.67 bits per heavy atom. The third kappa shape index (κ3) is 3.02. The molecule has 104 valence electrons. The molecule has 0 fully saturated rings. The topological polar surface area (TPSA) is 17.8 Å². The van der Waals surface area contributed by atoms with Crippen LogP contribution in [-0.4, -0.2) is 9.55 Å². The number of imidazole rings is 1. The van der Waals surface area contributed by atoms with Crippen LogP contribution in [0.3, 0.4) is 0 Å². The van der Waals surface area contributed by atoms with E-state index in [1.807, 2.05) is 65.4 Å². The van der Waals surface area contributed by atoms with Crippen molar-refractivity contribution in [2.75, 3.05) is 0 Å². The molecule has 0 aliphatic carbocycles. The van der Waals surface area contributed by atoms with Crippen LogP contribution in [0.25, 0.3) is 11.8 Å². The Morgan fingerprint density at radius 3 is 2.33 bits per heavy atom. The molecule has 0 saturated carbocycles. The molecule has 0 saturated heterocycles. The Balaban J connectivity index is 2.19. The summed E-state index contributed by atoms with van der Waals surface area (Å²) in [6, 6.07) is 15.4. The summed E-state index contributed by atoms with van der Waals surface area (Å²) in [5, 5.41) is 1.38. The zero-order chi connectivity index (χ0) is 14.7. The first-order valence-electron chi connectivity index (χ1n) is 6.45. The van der Waals surface area contributed by atoms with Gasteiger partial charge >= 0.3 is 0 Å². The second-order valence-electron chi connectivity index (χ2n) is 4.50. The van der Waals surface area contributed by atoms with Gasteiger partial charge in [-0.25, -0.2) is 4.98 Å². The molecule has 2 nitrogen and oxygen atoms in total. The van der Waals surface area contributed by atoms with E-state index in [0.717, 1.165) is 16.8 Å². The quantitative estimate of drug-likeness (QED) is 0.605. The molecule has 0 unspecified atom stereocenters. The van der Waals surface area contributed by atoms with Gasteiger partial charge in [0.05, 0.1) is 12.0 Å². The van der Waals surface area contributed by atoms with Gasteiger partial charge in [-0.15, -0.1) is 0 Å². The van der Waals surface area contributed by atoms with Crippen LogP contribution in [0.2, 0.25) is 10.0 Å². The Bertz CT molecular complexity index is 777. The van der Waals surface area contributed by atoms with E-state index in [-0.39, 0.29) is 0 Å². The molecule has 4 heteroatoms. The van der Waals surface area contributed by atoms with Crippen LogP contribution < -0.4 is 0 Å². The Morgan fingerprint density at radius 1 is 0.952 bits per heavy atom. The van der Waals surface area contributed by atoms with E-state index in [0.29, 0.717) is 10.0 Å². The fraction of sp³-hybridized carbons (Fsp3) is 0. The summed E-state index contributed by atoms with van der Waals surface area (Å²) in [4.78, 5) is 4.11. The smallest absolute Gasteiger partial charge is 0.0991 e. The lowest BCUT2D eigenvalue weighted by Gasteiger charge is -2.11. The van der Waals surface area contributed by atoms with Crippen molar-refractivity contribution >= 4 is 35.0 Å². The highest BCUT2D eigenvalue weighted by Gasteiger charge is 2.09. The van der Waals surface area contributed by atoms with E-state index >= 15 is 0 Å². The first-order valence-corrected chi connectivity index (χ1v) is 7.21. The summed E-state index contributed by atoms with van der Waals surface area (Å²) in [5.41, 5.74) is 2.78. The van der Waals surface area contributed by atoms with Crippen molar-refractivity contribution in [3.63, 3.8) is 0 Å². The van der Waals surface area contributed by atoms with Gasteiger partial charge in [0.1, 0.15) is 0 Å². The lowest BCUT2D eigenvalue weighted by Crippen LogP contribution is -1.97. The number of rotatable bonds is 3. The van der Waals surface area contributed by atoms with E-state index in [1.54, 1.807) is 12.5 Å². The maximum atomic E-state index is 6.33. The molecular weight excluding hydrogens is 303 g/mol. The van der Waals surface area contributed by atoms with E-state index in [9.17, 15) is 0 Å². The van der Waals surface area contributed by atoms with E-state index < -0.39 is 0 Å². The van der Waals surface area contributed by atoms with Gasteiger partial charge in [-0.1, -0.05) is 59.6 Å².